The zero-order chi connectivity index (χ0) is 13.0. The molecule has 2 rings (SSSR count). The van der Waals surface area contributed by atoms with Crippen molar-refractivity contribution in [2.75, 3.05) is 6.54 Å². The standard InChI is InChI=1S/C12H17N5O/c1-3-4-13-6-9-5-11(18)16-12(15-9)10-7-14-8-17(10)2/h5,7-8,13H,3-4,6H2,1-2H3,(H,15,16,18). The predicted molar refractivity (Wildman–Crippen MR) is 69.1 cm³/mol. The molecule has 0 aromatic carbocycles. The molecule has 0 aliphatic heterocycles. The Balaban J connectivity index is 2.27. The molecule has 0 spiro atoms. The Kier molecular flexibility index (Phi) is 3.88. The zero-order valence-corrected chi connectivity index (χ0v) is 10.6. The van der Waals surface area contributed by atoms with Crippen LogP contribution in [-0.2, 0) is 13.6 Å². The minimum absolute atomic E-state index is 0.144. The average Bonchev–Trinajstić information content (AvgIpc) is 2.75. The van der Waals surface area contributed by atoms with E-state index < -0.39 is 0 Å². The van der Waals surface area contributed by atoms with Gasteiger partial charge in [0.2, 0.25) is 0 Å². The maximum atomic E-state index is 11.6. The van der Waals surface area contributed by atoms with Crippen molar-refractivity contribution in [1.82, 2.24) is 24.8 Å². The molecule has 0 aliphatic carbocycles. The van der Waals surface area contributed by atoms with Crippen molar-refractivity contribution < 1.29 is 0 Å². The molecule has 0 saturated heterocycles. The fourth-order valence-corrected chi connectivity index (χ4v) is 1.70. The summed E-state index contributed by atoms with van der Waals surface area (Å²) in [6.45, 7) is 3.61. The molecule has 0 fully saturated rings. The fourth-order valence-electron chi connectivity index (χ4n) is 1.70. The van der Waals surface area contributed by atoms with Crippen LogP contribution in [0.3, 0.4) is 0 Å². The fraction of sp³-hybridized carbons (Fsp3) is 0.417. The van der Waals surface area contributed by atoms with Crippen LogP contribution in [0.15, 0.2) is 23.4 Å². The van der Waals surface area contributed by atoms with Crippen molar-refractivity contribution in [3.8, 4) is 11.5 Å². The number of rotatable bonds is 5. The van der Waals surface area contributed by atoms with Crippen LogP contribution in [0.4, 0.5) is 0 Å². The van der Waals surface area contributed by atoms with E-state index in [0.29, 0.717) is 12.4 Å². The van der Waals surface area contributed by atoms with Crippen molar-refractivity contribution in [1.29, 1.82) is 0 Å². The Morgan fingerprint density at radius 2 is 2.33 bits per heavy atom. The van der Waals surface area contributed by atoms with Crippen LogP contribution in [0.5, 0.6) is 0 Å². The van der Waals surface area contributed by atoms with Gasteiger partial charge < -0.3 is 14.9 Å². The summed E-state index contributed by atoms with van der Waals surface area (Å²) in [7, 11) is 1.87. The maximum absolute atomic E-state index is 11.6. The summed E-state index contributed by atoms with van der Waals surface area (Å²) in [5, 5.41) is 3.23. The second-order valence-electron chi connectivity index (χ2n) is 4.15. The van der Waals surface area contributed by atoms with Crippen LogP contribution in [0.25, 0.3) is 11.5 Å². The number of hydrogen-bond donors (Lipinski definition) is 2. The molecule has 6 heteroatoms. The van der Waals surface area contributed by atoms with Crippen LogP contribution in [0.2, 0.25) is 0 Å². The normalized spacial score (nSPS) is 10.8. The van der Waals surface area contributed by atoms with Gasteiger partial charge >= 0.3 is 0 Å². The van der Waals surface area contributed by atoms with E-state index in [-0.39, 0.29) is 5.56 Å². The van der Waals surface area contributed by atoms with E-state index in [1.807, 2.05) is 11.6 Å². The Labute approximate surface area is 105 Å². The number of hydrogen-bond acceptors (Lipinski definition) is 4. The summed E-state index contributed by atoms with van der Waals surface area (Å²) in [6, 6.07) is 1.52. The van der Waals surface area contributed by atoms with Gasteiger partial charge in [-0.25, -0.2) is 9.97 Å². The van der Waals surface area contributed by atoms with Gasteiger partial charge in [-0.2, -0.15) is 0 Å². The summed E-state index contributed by atoms with van der Waals surface area (Å²) < 4.78 is 1.82. The molecule has 0 unspecified atom stereocenters. The molecule has 2 N–H and O–H groups in total. The monoisotopic (exact) mass is 247 g/mol. The lowest BCUT2D eigenvalue weighted by Gasteiger charge is -2.05. The number of aryl methyl sites for hydroxylation is 1. The first-order valence-electron chi connectivity index (χ1n) is 5.98. The molecule has 0 atom stereocenters. The summed E-state index contributed by atoms with van der Waals surface area (Å²) in [5.74, 6) is 0.552. The molecule has 0 saturated carbocycles. The molecule has 18 heavy (non-hydrogen) atoms. The van der Waals surface area contributed by atoms with Crippen molar-refractivity contribution in [2.45, 2.75) is 19.9 Å². The van der Waals surface area contributed by atoms with Crippen molar-refractivity contribution in [2.24, 2.45) is 7.05 Å². The quantitative estimate of drug-likeness (QED) is 0.761. The van der Waals surface area contributed by atoms with Gasteiger partial charge in [-0.15, -0.1) is 0 Å². The van der Waals surface area contributed by atoms with Gasteiger partial charge in [-0.1, -0.05) is 6.92 Å². The van der Waals surface area contributed by atoms with E-state index >= 15 is 0 Å². The Morgan fingerprint density at radius 3 is 3.00 bits per heavy atom. The second kappa shape index (κ2) is 5.59. The third kappa shape index (κ3) is 2.84. The minimum Gasteiger partial charge on any atom is -0.331 e. The van der Waals surface area contributed by atoms with Crippen molar-refractivity contribution in [3.05, 3.63) is 34.6 Å². The Hall–Kier alpha value is -1.95. The number of nitrogens with one attached hydrogen (secondary N) is 2. The van der Waals surface area contributed by atoms with Crippen molar-refractivity contribution >= 4 is 0 Å². The van der Waals surface area contributed by atoms with Crippen LogP contribution in [0, 0.1) is 0 Å². The van der Waals surface area contributed by atoms with E-state index in [1.165, 1.54) is 6.07 Å². The summed E-state index contributed by atoms with van der Waals surface area (Å²) >= 11 is 0. The molecular weight excluding hydrogens is 230 g/mol. The molecule has 0 bridgehead atoms. The van der Waals surface area contributed by atoms with Gasteiger partial charge in [0.05, 0.1) is 18.2 Å². The lowest BCUT2D eigenvalue weighted by Crippen LogP contribution is -2.18. The molecule has 2 aromatic rings. The first-order chi connectivity index (χ1) is 8.70. The molecule has 0 amide bonds. The third-order valence-electron chi connectivity index (χ3n) is 2.59. The van der Waals surface area contributed by atoms with E-state index in [9.17, 15) is 4.79 Å². The number of nitrogens with zero attached hydrogens (tertiary/aromatic N) is 3. The highest BCUT2D eigenvalue weighted by atomic mass is 16.1. The summed E-state index contributed by atoms with van der Waals surface area (Å²) in [5.41, 5.74) is 1.39. The number of aromatic nitrogens is 4. The third-order valence-corrected chi connectivity index (χ3v) is 2.59. The highest BCUT2D eigenvalue weighted by Gasteiger charge is 2.07. The van der Waals surface area contributed by atoms with Gasteiger partial charge in [0, 0.05) is 19.7 Å². The van der Waals surface area contributed by atoms with Crippen LogP contribution < -0.4 is 10.9 Å². The Bertz CT molecular complexity index is 572. The van der Waals surface area contributed by atoms with Crippen LogP contribution in [0.1, 0.15) is 19.0 Å². The summed E-state index contributed by atoms with van der Waals surface area (Å²) in [6.07, 6.45) is 4.41. The number of H-pyrrole nitrogens is 1. The Morgan fingerprint density at radius 1 is 1.50 bits per heavy atom. The first-order valence-corrected chi connectivity index (χ1v) is 5.98. The topological polar surface area (TPSA) is 75.6 Å². The van der Waals surface area contributed by atoms with Gasteiger partial charge in [0.25, 0.3) is 5.56 Å². The van der Waals surface area contributed by atoms with E-state index in [2.05, 4.69) is 27.2 Å². The first kappa shape index (κ1) is 12.5. The second-order valence-corrected chi connectivity index (χ2v) is 4.15. The van der Waals surface area contributed by atoms with Crippen LogP contribution >= 0.6 is 0 Å². The largest absolute Gasteiger partial charge is 0.331 e. The molecule has 0 aliphatic rings. The molecule has 2 aromatic heterocycles. The number of aromatic amines is 1. The maximum Gasteiger partial charge on any atom is 0.251 e. The summed E-state index contributed by atoms with van der Waals surface area (Å²) in [4.78, 5) is 22.8. The number of imidazole rings is 1. The molecule has 6 nitrogen and oxygen atoms in total. The molecular formula is C12H17N5O. The van der Waals surface area contributed by atoms with Crippen LogP contribution in [-0.4, -0.2) is 26.1 Å². The highest BCUT2D eigenvalue weighted by molar-refractivity contribution is 5.47. The molecule has 96 valence electrons. The van der Waals surface area contributed by atoms with Crippen molar-refractivity contribution in [3.63, 3.8) is 0 Å². The average molecular weight is 247 g/mol. The van der Waals surface area contributed by atoms with E-state index in [4.69, 9.17) is 0 Å². The zero-order valence-electron chi connectivity index (χ0n) is 10.6. The minimum atomic E-state index is -0.144. The van der Waals surface area contributed by atoms with E-state index in [0.717, 1.165) is 24.4 Å². The lowest BCUT2D eigenvalue weighted by molar-refractivity contribution is 0.662. The molecule has 2 heterocycles. The highest BCUT2D eigenvalue weighted by Crippen LogP contribution is 2.11. The SMILES string of the molecule is CCCNCc1cc(=O)[nH]c(-c2cncn2C)n1. The smallest absolute Gasteiger partial charge is 0.251 e. The molecule has 0 radical (unpaired) electrons. The van der Waals surface area contributed by atoms with E-state index in [1.54, 1.807) is 12.5 Å². The van der Waals surface area contributed by atoms with Gasteiger partial charge in [0.15, 0.2) is 5.82 Å². The predicted octanol–water partition coefficient (Wildman–Crippen LogP) is 0.670. The van der Waals surface area contributed by atoms with Gasteiger partial charge in [-0.05, 0) is 13.0 Å². The van der Waals surface area contributed by atoms with Gasteiger partial charge in [0.1, 0.15) is 5.69 Å². The van der Waals surface area contributed by atoms with Gasteiger partial charge in [-0.3, -0.25) is 4.79 Å². The lowest BCUT2D eigenvalue weighted by atomic mass is 10.3.